The Labute approximate surface area is 182 Å². The van der Waals surface area contributed by atoms with Crippen molar-refractivity contribution in [3.05, 3.63) is 76.8 Å². The Balaban J connectivity index is 1.47. The van der Waals surface area contributed by atoms with E-state index < -0.39 is 0 Å². The first kappa shape index (κ1) is 20.0. The largest absolute Gasteiger partial charge is 0.493 e. The second kappa shape index (κ2) is 9.00. The Bertz CT molecular complexity index is 1140. The zero-order valence-corrected chi connectivity index (χ0v) is 17.9. The molecule has 7 heteroatoms. The number of H-pyrrole nitrogens is 1. The number of amides is 1. The first-order valence-corrected chi connectivity index (χ1v) is 10.2. The van der Waals surface area contributed by atoms with Gasteiger partial charge in [-0.2, -0.15) is 0 Å². The first-order valence-electron chi connectivity index (χ1n) is 9.40. The number of ether oxygens (including phenoxy) is 2. The molecule has 0 bridgehead atoms. The predicted molar refractivity (Wildman–Crippen MR) is 120 cm³/mol. The molecule has 1 heterocycles. The molecule has 2 N–H and O–H groups in total. The molecule has 152 valence electrons. The zero-order valence-electron chi connectivity index (χ0n) is 16.3. The number of carbonyl (C=O) groups excluding carboxylic acids is 1. The summed E-state index contributed by atoms with van der Waals surface area (Å²) in [7, 11) is 1.56. The van der Waals surface area contributed by atoms with Crippen molar-refractivity contribution in [3.63, 3.8) is 0 Å². The number of carbonyl (C=O) groups is 1. The van der Waals surface area contributed by atoms with Gasteiger partial charge in [-0.05, 0) is 45.8 Å². The number of aromatic amines is 1. The van der Waals surface area contributed by atoms with E-state index in [9.17, 15) is 4.79 Å². The molecule has 0 radical (unpaired) electrons. The molecule has 0 aliphatic carbocycles. The molecule has 1 amide bonds. The molecule has 0 saturated heterocycles. The number of halogens is 1. The smallest absolute Gasteiger partial charge is 0.258 e. The summed E-state index contributed by atoms with van der Waals surface area (Å²) in [5.74, 6) is 1.49. The number of fused-ring (bicyclic) bond motifs is 1. The molecule has 0 fully saturated rings. The number of methoxy groups -OCH3 is 1. The van der Waals surface area contributed by atoms with Crippen LogP contribution >= 0.6 is 15.9 Å². The van der Waals surface area contributed by atoms with Gasteiger partial charge in [-0.25, -0.2) is 4.98 Å². The molecular formula is C23H20BrN3O3. The van der Waals surface area contributed by atoms with Crippen molar-refractivity contribution >= 4 is 32.9 Å². The number of aromatic nitrogens is 2. The number of rotatable bonds is 7. The highest BCUT2D eigenvalue weighted by molar-refractivity contribution is 9.10. The number of nitrogens with zero attached hydrogens (tertiary/aromatic N) is 1. The van der Waals surface area contributed by atoms with E-state index in [2.05, 4.69) is 31.2 Å². The first-order chi connectivity index (χ1) is 14.6. The summed E-state index contributed by atoms with van der Waals surface area (Å²) in [6.07, 6.45) is 0. The number of benzene rings is 3. The minimum Gasteiger partial charge on any atom is -0.493 e. The van der Waals surface area contributed by atoms with Crippen LogP contribution in [0.3, 0.4) is 0 Å². The maximum absolute atomic E-state index is 12.2. The average Bonchev–Trinajstić information content (AvgIpc) is 3.21. The third-order valence-electron chi connectivity index (χ3n) is 4.57. The molecule has 0 unspecified atom stereocenters. The van der Waals surface area contributed by atoms with Crippen LogP contribution in [-0.4, -0.2) is 29.6 Å². The molecule has 6 nitrogen and oxygen atoms in total. The van der Waals surface area contributed by atoms with E-state index in [0.717, 1.165) is 28.0 Å². The van der Waals surface area contributed by atoms with Gasteiger partial charge in [-0.3, -0.25) is 4.79 Å². The molecule has 4 rings (SSSR count). The van der Waals surface area contributed by atoms with Gasteiger partial charge in [0, 0.05) is 12.1 Å². The summed E-state index contributed by atoms with van der Waals surface area (Å²) >= 11 is 3.53. The van der Waals surface area contributed by atoms with Gasteiger partial charge in [-0.15, -0.1) is 0 Å². The van der Waals surface area contributed by atoms with Crippen molar-refractivity contribution in [1.29, 1.82) is 0 Å². The Morgan fingerprint density at radius 1 is 1.10 bits per heavy atom. The van der Waals surface area contributed by atoms with Crippen molar-refractivity contribution in [1.82, 2.24) is 15.3 Å². The average molecular weight is 466 g/mol. The summed E-state index contributed by atoms with van der Waals surface area (Å²) in [6, 6.07) is 21.3. The lowest BCUT2D eigenvalue weighted by molar-refractivity contribution is -0.123. The van der Waals surface area contributed by atoms with E-state index in [1.165, 1.54) is 0 Å². The summed E-state index contributed by atoms with van der Waals surface area (Å²) in [6.45, 7) is 0.331. The van der Waals surface area contributed by atoms with Crippen LogP contribution in [0.5, 0.6) is 11.5 Å². The molecule has 0 spiro atoms. The van der Waals surface area contributed by atoms with Gasteiger partial charge in [0.25, 0.3) is 5.91 Å². The number of hydrogen-bond donors (Lipinski definition) is 2. The van der Waals surface area contributed by atoms with Gasteiger partial charge in [0.05, 0.1) is 22.6 Å². The van der Waals surface area contributed by atoms with E-state index in [4.69, 9.17) is 9.47 Å². The summed E-state index contributed by atoms with van der Waals surface area (Å²) in [4.78, 5) is 20.1. The Morgan fingerprint density at radius 2 is 1.87 bits per heavy atom. The van der Waals surface area contributed by atoms with Crippen LogP contribution in [0.1, 0.15) is 5.56 Å². The molecule has 4 aromatic rings. The van der Waals surface area contributed by atoms with Crippen LogP contribution < -0.4 is 14.8 Å². The standard InChI is InChI=1S/C23H20BrN3O3/c1-29-20-12-16(23-26-18-9-5-6-10-19(18)27-23)11-17(24)22(20)30-14-21(28)25-13-15-7-3-2-4-8-15/h2-12H,13-14H2,1H3,(H,25,28)(H,26,27). The number of hydrogen-bond acceptors (Lipinski definition) is 4. The van der Waals surface area contributed by atoms with Gasteiger partial charge in [0.15, 0.2) is 18.1 Å². The highest BCUT2D eigenvalue weighted by Gasteiger charge is 2.16. The van der Waals surface area contributed by atoms with E-state index in [0.29, 0.717) is 22.5 Å². The second-order valence-corrected chi connectivity index (χ2v) is 7.50. The van der Waals surface area contributed by atoms with E-state index in [-0.39, 0.29) is 12.5 Å². The third-order valence-corrected chi connectivity index (χ3v) is 5.16. The molecule has 1 aromatic heterocycles. The quantitative estimate of drug-likeness (QED) is 0.414. The molecular weight excluding hydrogens is 446 g/mol. The van der Waals surface area contributed by atoms with Crippen LogP contribution in [0.2, 0.25) is 0 Å². The fraction of sp³-hybridized carbons (Fsp3) is 0.130. The van der Waals surface area contributed by atoms with Crippen molar-refractivity contribution in [2.24, 2.45) is 0 Å². The number of para-hydroxylation sites is 2. The normalized spacial score (nSPS) is 10.7. The number of imidazole rings is 1. The van der Waals surface area contributed by atoms with Crippen LogP contribution in [0, 0.1) is 0 Å². The van der Waals surface area contributed by atoms with E-state index in [1.807, 2.05) is 66.7 Å². The SMILES string of the molecule is COc1cc(-c2nc3ccccc3[nH]2)cc(Br)c1OCC(=O)NCc1ccccc1. The van der Waals surface area contributed by atoms with Gasteiger partial charge < -0.3 is 19.8 Å². The van der Waals surface area contributed by atoms with Crippen LogP contribution in [-0.2, 0) is 11.3 Å². The van der Waals surface area contributed by atoms with Gasteiger partial charge in [-0.1, -0.05) is 42.5 Å². The third kappa shape index (κ3) is 4.46. The van der Waals surface area contributed by atoms with Crippen molar-refractivity contribution in [3.8, 4) is 22.9 Å². The zero-order chi connectivity index (χ0) is 20.9. The van der Waals surface area contributed by atoms with Crippen molar-refractivity contribution in [2.45, 2.75) is 6.54 Å². The Kier molecular flexibility index (Phi) is 5.99. The van der Waals surface area contributed by atoms with Crippen molar-refractivity contribution in [2.75, 3.05) is 13.7 Å². The Morgan fingerprint density at radius 3 is 2.63 bits per heavy atom. The van der Waals surface area contributed by atoms with Gasteiger partial charge in [0.2, 0.25) is 0 Å². The monoisotopic (exact) mass is 465 g/mol. The molecule has 0 aliphatic rings. The molecule has 0 atom stereocenters. The summed E-state index contributed by atoms with van der Waals surface area (Å²) in [5.41, 5.74) is 3.71. The minimum atomic E-state index is -0.214. The predicted octanol–water partition coefficient (Wildman–Crippen LogP) is 4.70. The lowest BCUT2D eigenvalue weighted by atomic mass is 10.2. The lowest BCUT2D eigenvalue weighted by Gasteiger charge is -2.14. The van der Waals surface area contributed by atoms with E-state index in [1.54, 1.807) is 7.11 Å². The highest BCUT2D eigenvalue weighted by Crippen LogP contribution is 2.39. The van der Waals surface area contributed by atoms with Crippen LogP contribution in [0.15, 0.2) is 71.2 Å². The van der Waals surface area contributed by atoms with E-state index >= 15 is 0 Å². The lowest BCUT2D eigenvalue weighted by Crippen LogP contribution is -2.28. The van der Waals surface area contributed by atoms with Gasteiger partial charge >= 0.3 is 0 Å². The molecule has 30 heavy (non-hydrogen) atoms. The maximum atomic E-state index is 12.2. The fourth-order valence-electron chi connectivity index (χ4n) is 3.07. The second-order valence-electron chi connectivity index (χ2n) is 6.64. The minimum absolute atomic E-state index is 0.119. The number of nitrogens with one attached hydrogen (secondary N) is 2. The molecule has 0 aliphatic heterocycles. The molecule has 0 saturated carbocycles. The Hall–Kier alpha value is -3.32. The summed E-state index contributed by atoms with van der Waals surface area (Å²) < 4.78 is 11.9. The van der Waals surface area contributed by atoms with Crippen molar-refractivity contribution < 1.29 is 14.3 Å². The fourth-order valence-corrected chi connectivity index (χ4v) is 3.63. The van der Waals surface area contributed by atoms with Crippen LogP contribution in [0.25, 0.3) is 22.4 Å². The molecule has 3 aromatic carbocycles. The summed E-state index contributed by atoms with van der Waals surface area (Å²) in [5, 5.41) is 2.84. The highest BCUT2D eigenvalue weighted by atomic mass is 79.9. The topological polar surface area (TPSA) is 76.2 Å². The van der Waals surface area contributed by atoms with Crippen LogP contribution in [0.4, 0.5) is 0 Å². The van der Waals surface area contributed by atoms with Gasteiger partial charge in [0.1, 0.15) is 5.82 Å². The maximum Gasteiger partial charge on any atom is 0.258 e.